The first kappa shape index (κ1) is 14.4. The van der Waals surface area contributed by atoms with E-state index in [9.17, 15) is 19.2 Å². The number of ether oxygens (including phenoxy) is 1. The molecular formula is C14H11NO6. The maximum Gasteiger partial charge on any atom is 0.396 e. The summed E-state index contributed by atoms with van der Waals surface area (Å²) in [4.78, 5) is 45.3. The van der Waals surface area contributed by atoms with Gasteiger partial charge in [-0.05, 0) is 25.1 Å². The van der Waals surface area contributed by atoms with Crippen molar-refractivity contribution in [1.29, 1.82) is 0 Å². The van der Waals surface area contributed by atoms with Gasteiger partial charge >= 0.3 is 17.5 Å². The van der Waals surface area contributed by atoms with Crippen molar-refractivity contribution in [3.05, 3.63) is 40.2 Å². The molecule has 7 heteroatoms. The molecule has 0 radical (unpaired) electrons. The van der Waals surface area contributed by atoms with Gasteiger partial charge in [-0.3, -0.25) is 9.59 Å². The summed E-state index contributed by atoms with van der Waals surface area (Å²) >= 11 is 0. The van der Waals surface area contributed by atoms with Crippen LogP contribution < -0.4 is 10.9 Å². The monoisotopic (exact) mass is 289 g/mol. The lowest BCUT2D eigenvalue weighted by molar-refractivity contribution is -0.150. The molecule has 1 N–H and O–H groups in total. The Hall–Kier alpha value is -2.96. The molecular weight excluding hydrogens is 278 g/mol. The molecule has 0 aliphatic rings. The molecule has 1 heterocycles. The van der Waals surface area contributed by atoms with E-state index in [1.165, 1.54) is 25.1 Å². The van der Waals surface area contributed by atoms with Crippen LogP contribution in [0.25, 0.3) is 11.0 Å². The zero-order chi connectivity index (χ0) is 15.6. The van der Waals surface area contributed by atoms with Crippen LogP contribution in [0.3, 0.4) is 0 Å². The van der Waals surface area contributed by atoms with E-state index < -0.39 is 23.3 Å². The number of esters is 1. The minimum atomic E-state index is -1.04. The highest BCUT2D eigenvalue weighted by atomic mass is 16.5. The molecule has 0 bridgehead atoms. The Morgan fingerprint density at radius 1 is 1.19 bits per heavy atom. The van der Waals surface area contributed by atoms with E-state index in [1.54, 1.807) is 6.07 Å². The molecule has 0 fully saturated rings. The van der Waals surface area contributed by atoms with Crippen molar-refractivity contribution in [2.24, 2.45) is 0 Å². The van der Waals surface area contributed by atoms with Crippen molar-refractivity contribution < 1.29 is 23.5 Å². The number of fused-ring (bicyclic) bond motifs is 1. The molecule has 108 valence electrons. The summed E-state index contributed by atoms with van der Waals surface area (Å²) < 4.78 is 9.29. The number of carbonyl (C=O) groups is 3. The number of methoxy groups -OCH3 is 1. The van der Waals surface area contributed by atoms with Crippen LogP contribution in [0.1, 0.15) is 17.3 Å². The minimum Gasteiger partial charge on any atom is -0.462 e. The molecule has 0 saturated carbocycles. The highest BCUT2D eigenvalue weighted by Crippen LogP contribution is 2.19. The Balaban J connectivity index is 2.41. The summed E-state index contributed by atoms with van der Waals surface area (Å²) in [6.07, 6.45) is 0. The average molecular weight is 289 g/mol. The predicted molar refractivity (Wildman–Crippen MR) is 73.1 cm³/mol. The number of ketones is 1. The summed E-state index contributed by atoms with van der Waals surface area (Å²) in [6, 6.07) is 5.85. The number of nitrogens with one attached hydrogen (secondary N) is 1. The summed E-state index contributed by atoms with van der Waals surface area (Å²) in [5, 5.41) is 2.82. The average Bonchev–Trinajstić information content (AvgIpc) is 2.45. The SMILES string of the molecule is COC(=O)C(=O)Nc1ccc2cc(C(C)=O)c(=O)oc2c1. The van der Waals surface area contributed by atoms with Gasteiger partial charge in [0.25, 0.3) is 0 Å². The van der Waals surface area contributed by atoms with Gasteiger partial charge in [0.1, 0.15) is 11.1 Å². The van der Waals surface area contributed by atoms with E-state index in [0.29, 0.717) is 5.39 Å². The molecule has 2 rings (SSSR count). The van der Waals surface area contributed by atoms with E-state index in [4.69, 9.17) is 4.42 Å². The van der Waals surface area contributed by atoms with Crippen molar-refractivity contribution in [3.63, 3.8) is 0 Å². The van der Waals surface area contributed by atoms with Crippen LogP contribution >= 0.6 is 0 Å². The van der Waals surface area contributed by atoms with Crippen molar-refractivity contribution in [2.45, 2.75) is 6.92 Å². The third kappa shape index (κ3) is 2.97. The number of hydrogen-bond donors (Lipinski definition) is 1. The minimum absolute atomic E-state index is 0.0474. The van der Waals surface area contributed by atoms with Gasteiger partial charge in [-0.2, -0.15) is 0 Å². The molecule has 2 aromatic rings. The van der Waals surface area contributed by atoms with Crippen LogP contribution in [0.4, 0.5) is 5.69 Å². The zero-order valence-corrected chi connectivity index (χ0v) is 11.3. The van der Waals surface area contributed by atoms with Crippen molar-refractivity contribution in [3.8, 4) is 0 Å². The summed E-state index contributed by atoms with van der Waals surface area (Å²) in [6.45, 7) is 1.27. The van der Waals surface area contributed by atoms with E-state index >= 15 is 0 Å². The summed E-state index contributed by atoms with van der Waals surface area (Å²) in [7, 11) is 1.09. The fourth-order valence-corrected chi connectivity index (χ4v) is 1.71. The van der Waals surface area contributed by atoms with Gasteiger partial charge in [0, 0.05) is 17.1 Å². The standard InChI is InChI=1S/C14H11NO6/c1-7(16)10-5-8-3-4-9(6-11(8)21-13(10)18)15-12(17)14(19)20-2/h3-6H,1-2H3,(H,15,17). The van der Waals surface area contributed by atoms with Crippen molar-refractivity contribution in [1.82, 2.24) is 0 Å². The smallest absolute Gasteiger partial charge is 0.396 e. The number of hydrogen-bond acceptors (Lipinski definition) is 6. The normalized spacial score (nSPS) is 10.2. The lowest BCUT2D eigenvalue weighted by Gasteiger charge is -2.05. The number of benzene rings is 1. The fourth-order valence-electron chi connectivity index (χ4n) is 1.71. The highest BCUT2D eigenvalue weighted by Gasteiger charge is 2.15. The molecule has 7 nitrogen and oxygen atoms in total. The molecule has 1 aromatic carbocycles. The number of carbonyl (C=O) groups excluding carboxylic acids is 3. The Kier molecular flexibility index (Phi) is 3.84. The molecule has 0 unspecified atom stereocenters. The second kappa shape index (κ2) is 5.58. The zero-order valence-electron chi connectivity index (χ0n) is 11.3. The van der Waals surface area contributed by atoms with Gasteiger partial charge in [-0.15, -0.1) is 0 Å². The second-order valence-corrected chi connectivity index (χ2v) is 4.20. The molecule has 0 saturated heterocycles. The highest BCUT2D eigenvalue weighted by molar-refractivity contribution is 6.37. The maximum atomic E-state index is 11.6. The predicted octanol–water partition coefficient (Wildman–Crippen LogP) is 1.11. The third-order valence-corrected chi connectivity index (χ3v) is 2.74. The Morgan fingerprint density at radius 2 is 1.90 bits per heavy atom. The molecule has 1 amide bonds. The van der Waals surface area contributed by atoms with E-state index in [2.05, 4.69) is 10.1 Å². The fraction of sp³-hybridized carbons (Fsp3) is 0.143. The molecule has 0 atom stereocenters. The van der Waals surface area contributed by atoms with Crippen LogP contribution in [0.2, 0.25) is 0 Å². The Morgan fingerprint density at radius 3 is 2.52 bits per heavy atom. The topological polar surface area (TPSA) is 103 Å². The third-order valence-electron chi connectivity index (χ3n) is 2.74. The van der Waals surface area contributed by atoms with Crippen molar-refractivity contribution in [2.75, 3.05) is 12.4 Å². The summed E-state index contributed by atoms with van der Waals surface area (Å²) in [5.41, 5.74) is -0.357. The molecule has 0 spiro atoms. The maximum absolute atomic E-state index is 11.6. The van der Waals surface area contributed by atoms with Gasteiger partial charge in [0.15, 0.2) is 5.78 Å². The quantitative estimate of drug-likeness (QED) is 0.384. The Labute approximate surface area is 118 Å². The van der Waals surface area contributed by atoms with Gasteiger partial charge in [0.2, 0.25) is 0 Å². The van der Waals surface area contributed by atoms with E-state index in [0.717, 1.165) is 7.11 Å². The van der Waals surface area contributed by atoms with Crippen LogP contribution in [0.15, 0.2) is 33.5 Å². The van der Waals surface area contributed by atoms with E-state index in [-0.39, 0.29) is 16.8 Å². The largest absolute Gasteiger partial charge is 0.462 e. The molecule has 21 heavy (non-hydrogen) atoms. The number of Topliss-reactive ketones (excluding diaryl/α,β-unsaturated/α-hetero) is 1. The van der Waals surface area contributed by atoms with Crippen LogP contribution in [-0.4, -0.2) is 24.8 Å². The number of anilines is 1. The second-order valence-electron chi connectivity index (χ2n) is 4.20. The number of rotatable bonds is 2. The first-order chi connectivity index (χ1) is 9.92. The van der Waals surface area contributed by atoms with Gasteiger partial charge in [-0.25, -0.2) is 9.59 Å². The van der Waals surface area contributed by atoms with Crippen LogP contribution in [-0.2, 0) is 14.3 Å². The van der Waals surface area contributed by atoms with Crippen LogP contribution in [0.5, 0.6) is 0 Å². The van der Waals surface area contributed by atoms with Crippen molar-refractivity contribution >= 4 is 34.3 Å². The first-order valence-corrected chi connectivity index (χ1v) is 5.90. The lowest BCUT2D eigenvalue weighted by atomic mass is 10.1. The molecule has 0 aliphatic heterocycles. The Bertz CT molecular complexity index is 805. The lowest BCUT2D eigenvalue weighted by Crippen LogP contribution is -2.23. The molecule has 0 aliphatic carbocycles. The van der Waals surface area contributed by atoms with Crippen LogP contribution in [0, 0.1) is 0 Å². The number of amides is 1. The molecule has 1 aromatic heterocycles. The van der Waals surface area contributed by atoms with Gasteiger partial charge in [0.05, 0.1) is 7.11 Å². The van der Waals surface area contributed by atoms with E-state index in [1.807, 2.05) is 0 Å². The first-order valence-electron chi connectivity index (χ1n) is 5.90. The van der Waals surface area contributed by atoms with Gasteiger partial charge < -0.3 is 14.5 Å². The summed E-state index contributed by atoms with van der Waals surface area (Å²) in [5.74, 6) is -2.38. The van der Waals surface area contributed by atoms with Gasteiger partial charge in [-0.1, -0.05) is 0 Å².